The summed E-state index contributed by atoms with van der Waals surface area (Å²) in [6.07, 6.45) is -0.963. The molecular weight excluding hydrogens is 406 g/mol. The SMILES string of the molecule is COc1ccc(C(NC(=O)c2ccc(F)cc2)NC(=O)c2ccc(F)cc2)cc1OC. The van der Waals surface area contributed by atoms with E-state index < -0.39 is 29.6 Å². The Morgan fingerprint density at radius 3 is 1.58 bits per heavy atom. The number of carbonyl (C=O) groups excluding carboxylic acids is 2. The molecule has 3 aromatic carbocycles. The van der Waals surface area contributed by atoms with Gasteiger partial charge in [0.15, 0.2) is 11.5 Å². The Hall–Kier alpha value is -3.94. The first-order chi connectivity index (χ1) is 14.9. The zero-order valence-corrected chi connectivity index (χ0v) is 16.8. The predicted molar refractivity (Wildman–Crippen MR) is 110 cm³/mol. The molecule has 160 valence electrons. The number of halogens is 2. The molecule has 3 aromatic rings. The van der Waals surface area contributed by atoms with Crippen LogP contribution in [0.1, 0.15) is 32.4 Å². The van der Waals surface area contributed by atoms with Crippen LogP contribution in [0.25, 0.3) is 0 Å². The predicted octanol–water partition coefficient (Wildman–Crippen LogP) is 3.84. The number of hydrogen-bond acceptors (Lipinski definition) is 4. The van der Waals surface area contributed by atoms with Crippen LogP contribution < -0.4 is 20.1 Å². The molecule has 0 heterocycles. The number of nitrogens with one attached hydrogen (secondary N) is 2. The molecule has 0 spiro atoms. The van der Waals surface area contributed by atoms with E-state index in [0.717, 1.165) is 24.3 Å². The molecule has 0 aromatic heterocycles. The molecule has 0 aliphatic carbocycles. The van der Waals surface area contributed by atoms with Crippen molar-refractivity contribution in [1.29, 1.82) is 0 Å². The first-order valence-electron chi connectivity index (χ1n) is 9.26. The number of rotatable bonds is 7. The molecule has 6 nitrogen and oxygen atoms in total. The number of hydrogen-bond donors (Lipinski definition) is 2. The van der Waals surface area contributed by atoms with Gasteiger partial charge in [0.05, 0.1) is 14.2 Å². The second-order valence-electron chi connectivity index (χ2n) is 6.51. The van der Waals surface area contributed by atoms with Crippen molar-refractivity contribution in [2.24, 2.45) is 0 Å². The molecule has 0 radical (unpaired) electrons. The highest BCUT2D eigenvalue weighted by molar-refractivity contribution is 5.96. The molecule has 0 atom stereocenters. The van der Waals surface area contributed by atoms with Crippen LogP contribution >= 0.6 is 0 Å². The number of methoxy groups -OCH3 is 2. The lowest BCUT2D eigenvalue weighted by Gasteiger charge is -2.22. The summed E-state index contributed by atoms with van der Waals surface area (Å²) >= 11 is 0. The van der Waals surface area contributed by atoms with Gasteiger partial charge in [0.2, 0.25) is 0 Å². The summed E-state index contributed by atoms with van der Waals surface area (Å²) in [6, 6.07) is 14.9. The lowest BCUT2D eigenvalue weighted by Crippen LogP contribution is -2.41. The van der Waals surface area contributed by atoms with Gasteiger partial charge in [-0.2, -0.15) is 0 Å². The molecule has 2 amide bonds. The van der Waals surface area contributed by atoms with Gasteiger partial charge >= 0.3 is 0 Å². The maximum atomic E-state index is 13.2. The number of amides is 2. The molecular formula is C23H20F2N2O4. The standard InChI is InChI=1S/C23H20F2N2O4/c1-30-19-12-7-16(13-20(19)31-2)21(26-22(28)14-3-8-17(24)9-4-14)27-23(29)15-5-10-18(25)11-6-15/h3-13,21H,1-2H3,(H,26,28)(H,27,29). The van der Waals surface area contributed by atoms with Crippen LogP contribution in [0.2, 0.25) is 0 Å². The average molecular weight is 426 g/mol. The Labute approximate surface area is 177 Å². The summed E-state index contributed by atoms with van der Waals surface area (Å²) in [5, 5.41) is 5.41. The fourth-order valence-electron chi connectivity index (χ4n) is 2.87. The second-order valence-corrected chi connectivity index (χ2v) is 6.51. The Bertz CT molecular complexity index is 1010. The highest BCUT2D eigenvalue weighted by atomic mass is 19.1. The maximum Gasteiger partial charge on any atom is 0.253 e. The molecule has 0 saturated heterocycles. The summed E-state index contributed by atoms with van der Waals surface area (Å²) in [5.74, 6) is -1.13. The monoisotopic (exact) mass is 426 g/mol. The van der Waals surface area contributed by atoms with Gasteiger partial charge in [-0.1, -0.05) is 6.07 Å². The second kappa shape index (κ2) is 9.71. The smallest absolute Gasteiger partial charge is 0.253 e. The third-order valence-electron chi connectivity index (χ3n) is 4.50. The van der Waals surface area contributed by atoms with Crippen molar-refractivity contribution in [3.8, 4) is 11.5 Å². The molecule has 0 bridgehead atoms. The van der Waals surface area contributed by atoms with Gasteiger partial charge in [0, 0.05) is 11.1 Å². The Morgan fingerprint density at radius 1 is 0.710 bits per heavy atom. The third-order valence-corrected chi connectivity index (χ3v) is 4.50. The van der Waals surface area contributed by atoms with Gasteiger partial charge < -0.3 is 20.1 Å². The summed E-state index contributed by atoms with van der Waals surface area (Å²) in [7, 11) is 2.95. The number of carbonyl (C=O) groups is 2. The topological polar surface area (TPSA) is 76.7 Å². The summed E-state index contributed by atoms with van der Waals surface area (Å²) in [5.41, 5.74) is 0.925. The summed E-state index contributed by atoms with van der Waals surface area (Å²) < 4.78 is 36.9. The van der Waals surface area contributed by atoms with Crippen LogP contribution in [0.4, 0.5) is 8.78 Å². The molecule has 0 fully saturated rings. The Morgan fingerprint density at radius 2 is 1.16 bits per heavy atom. The van der Waals surface area contributed by atoms with E-state index in [1.807, 2.05) is 0 Å². The van der Waals surface area contributed by atoms with E-state index in [1.165, 1.54) is 38.5 Å². The van der Waals surface area contributed by atoms with Gasteiger partial charge in [-0.25, -0.2) is 8.78 Å². The highest BCUT2D eigenvalue weighted by Crippen LogP contribution is 2.29. The quantitative estimate of drug-likeness (QED) is 0.563. The fraction of sp³-hybridized carbons (Fsp3) is 0.130. The van der Waals surface area contributed by atoms with Gasteiger partial charge in [-0.05, 0) is 66.2 Å². The van der Waals surface area contributed by atoms with Gasteiger partial charge in [-0.15, -0.1) is 0 Å². The van der Waals surface area contributed by atoms with Crippen LogP contribution in [0.15, 0.2) is 66.7 Å². The highest BCUT2D eigenvalue weighted by Gasteiger charge is 2.21. The Balaban J connectivity index is 1.90. The first kappa shape index (κ1) is 21.8. The molecule has 0 aliphatic rings. The van der Waals surface area contributed by atoms with Crippen molar-refractivity contribution in [2.45, 2.75) is 6.17 Å². The van der Waals surface area contributed by atoms with Crippen molar-refractivity contribution < 1.29 is 27.8 Å². The fourth-order valence-corrected chi connectivity index (χ4v) is 2.87. The van der Waals surface area contributed by atoms with Crippen molar-refractivity contribution in [2.75, 3.05) is 14.2 Å². The van der Waals surface area contributed by atoms with Crippen LogP contribution in [0.3, 0.4) is 0 Å². The van der Waals surface area contributed by atoms with Crippen LogP contribution in [0.5, 0.6) is 11.5 Å². The average Bonchev–Trinajstić information content (AvgIpc) is 2.78. The minimum atomic E-state index is -0.963. The van der Waals surface area contributed by atoms with E-state index in [0.29, 0.717) is 17.1 Å². The van der Waals surface area contributed by atoms with Crippen molar-refractivity contribution in [3.63, 3.8) is 0 Å². The van der Waals surface area contributed by atoms with Crippen LogP contribution in [-0.2, 0) is 0 Å². The van der Waals surface area contributed by atoms with Gasteiger partial charge in [0.1, 0.15) is 17.8 Å². The zero-order valence-electron chi connectivity index (χ0n) is 16.8. The van der Waals surface area contributed by atoms with E-state index >= 15 is 0 Å². The summed E-state index contributed by atoms with van der Waals surface area (Å²) in [4.78, 5) is 25.4. The minimum Gasteiger partial charge on any atom is -0.493 e. The van der Waals surface area contributed by atoms with E-state index in [1.54, 1.807) is 18.2 Å². The zero-order chi connectivity index (χ0) is 22.4. The lowest BCUT2D eigenvalue weighted by molar-refractivity contribution is 0.0883. The van der Waals surface area contributed by atoms with Crippen molar-refractivity contribution in [1.82, 2.24) is 10.6 Å². The minimum absolute atomic E-state index is 0.211. The lowest BCUT2D eigenvalue weighted by atomic mass is 10.1. The van der Waals surface area contributed by atoms with Gasteiger partial charge in [-0.3, -0.25) is 9.59 Å². The van der Waals surface area contributed by atoms with E-state index in [-0.39, 0.29) is 11.1 Å². The molecule has 0 unspecified atom stereocenters. The molecule has 2 N–H and O–H groups in total. The largest absolute Gasteiger partial charge is 0.493 e. The molecule has 8 heteroatoms. The molecule has 0 saturated carbocycles. The van der Waals surface area contributed by atoms with E-state index in [9.17, 15) is 18.4 Å². The van der Waals surface area contributed by atoms with E-state index in [2.05, 4.69) is 10.6 Å². The van der Waals surface area contributed by atoms with Crippen molar-refractivity contribution >= 4 is 11.8 Å². The number of benzene rings is 3. The molecule has 0 aliphatic heterocycles. The first-order valence-corrected chi connectivity index (χ1v) is 9.26. The van der Waals surface area contributed by atoms with Gasteiger partial charge in [0.25, 0.3) is 11.8 Å². The van der Waals surface area contributed by atoms with Crippen LogP contribution in [0, 0.1) is 11.6 Å². The Kier molecular flexibility index (Phi) is 6.81. The normalized spacial score (nSPS) is 10.5. The summed E-state index contributed by atoms with van der Waals surface area (Å²) in [6.45, 7) is 0. The maximum absolute atomic E-state index is 13.2. The van der Waals surface area contributed by atoms with Crippen LogP contribution in [-0.4, -0.2) is 26.0 Å². The molecule has 3 rings (SSSR count). The number of ether oxygens (including phenoxy) is 2. The van der Waals surface area contributed by atoms with E-state index in [4.69, 9.17) is 9.47 Å². The van der Waals surface area contributed by atoms with Crippen molar-refractivity contribution in [3.05, 3.63) is 95.1 Å². The third kappa shape index (κ3) is 5.36. The molecule has 31 heavy (non-hydrogen) atoms.